The molecule has 0 spiro atoms. The van der Waals surface area contributed by atoms with Gasteiger partial charge in [-0.05, 0) is 51.0 Å². The van der Waals surface area contributed by atoms with Gasteiger partial charge in [-0.15, -0.1) is 0 Å². The van der Waals surface area contributed by atoms with Gasteiger partial charge in [0.1, 0.15) is 0 Å². The molecule has 0 aromatic heterocycles. The third-order valence-electron chi connectivity index (χ3n) is 3.70. The Morgan fingerprint density at radius 1 is 1.28 bits per heavy atom. The fraction of sp³-hybridized carbons (Fsp3) is 0.600. The van der Waals surface area contributed by atoms with E-state index in [1.54, 1.807) is 0 Å². The topological polar surface area (TPSA) is 35.5 Å². The lowest BCUT2D eigenvalue weighted by Gasteiger charge is -2.47. The maximum absolute atomic E-state index is 9.35. The number of aliphatic hydroxyl groups excluding tert-OH is 1. The molecule has 1 heterocycles. The van der Waals surface area contributed by atoms with Gasteiger partial charge in [0, 0.05) is 30.4 Å². The monoisotopic (exact) mass is 248 g/mol. The summed E-state index contributed by atoms with van der Waals surface area (Å²) in [4.78, 5) is 2.41. The summed E-state index contributed by atoms with van der Waals surface area (Å²) in [5.41, 5.74) is 3.92. The van der Waals surface area contributed by atoms with Crippen LogP contribution in [0.4, 0.5) is 5.69 Å². The molecule has 1 fully saturated rings. The lowest BCUT2D eigenvalue weighted by atomic mass is 9.95. The first-order valence-corrected chi connectivity index (χ1v) is 6.62. The van der Waals surface area contributed by atoms with Gasteiger partial charge in [0.25, 0.3) is 0 Å². The summed E-state index contributed by atoms with van der Waals surface area (Å²) in [7, 11) is 0. The van der Waals surface area contributed by atoms with E-state index < -0.39 is 0 Å². The van der Waals surface area contributed by atoms with Crippen LogP contribution in [0.2, 0.25) is 0 Å². The SMILES string of the molecule is Cc1cc(C)cc(N2CC(CO)NCC2(C)C)c1. The number of piperazine rings is 1. The van der Waals surface area contributed by atoms with Crippen LogP contribution in [-0.4, -0.2) is 36.4 Å². The van der Waals surface area contributed by atoms with Gasteiger partial charge in [0.2, 0.25) is 0 Å². The van der Waals surface area contributed by atoms with E-state index in [1.165, 1.54) is 16.8 Å². The molecule has 0 radical (unpaired) electrons. The van der Waals surface area contributed by atoms with Crippen molar-refractivity contribution in [3.8, 4) is 0 Å². The fourth-order valence-corrected chi connectivity index (χ4v) is 2.71. The van der Waals surface area contributed by atoms with E-state index in [0.717, 1.165) is 13.1 Å². The van der Waals surface area contributed by atoms with Crippen molar-refractivity contribution in [1.82, 2.24) is 5.32 Å². The molecule has 3 nitrogen and oxygen atoms in total. The Hall–Kier alpha value is -1.06. The predicted octanol–water partition coefficient (Wildman–Crippen LogP) is 1.85. The maximum atomic E-state index is 9.35. The summed E-state index contributed by atoms with van der Waals surface area (Å²) in [5.74, 6) is 0. The second-order valence-electron chi connectivity index (χ2n) is 6.03. The van der Waals surface area contributed by atoms with Crippen LogP contribution in [0, 0.1) is 13.8 Å². The maximum Gasteiger partial charge on any atom is 0.0601 e. The van der Waals surface area contributed by atoms with Gasteiger partial charge in [-0.2, -0.15) is 0 Å². The van der Waals surface area contributed by atoms with Crippen molar-refractivity contribution in [2.24, 2.45) is 0 Å². The predicted molar refractivity (Wildman–Crippen MR) is 76.2 cm³/mol. The van der Waals surface area contributed by atoms with Gasteiger partial charge in [0.15, 0.2) is 0 Å². The molecule has 0 aliphatic carbocycles. The molecule has 2 N–H and O–H groups in total. The zero-order valence-electron chi connectivity index (χ0n) is 11.8. The molecule has 100 valence electrons. The number of nitrogens with one attached hydrogen (secondary N) is 1. The zero-order valence-corrected chi connectivity index (χ0v) is 11.8. The van der Waals surface area contributed by atoms with Gasteiger partial charge in [-0.25, -0.2) is 0 Å². The molecule has 1 aromatic rings. The van der Waals surface area contributed by atoms with Crippen LogP contribution < -0.4 is 10.2 Å². The van der Waals surface area contributed by atoms with Crippen molar-refractivity contribution in [3.05, 3.63) is 29.3 Å². The van der Waals surface area contributed by atoms with Crippen molar-refractivity contribution in [2.75, 3.05) is 24.6 Å². The molecule has 1 unspecified atom stereocenters. The summed E-state index contributed by atoms with van der Waals surface area (Å²) in [6.07, 6.45) is 0. The molecule has 2 rings (SSSR count). The van der Waals surface area contributed by atoms with Gasteiger partial charge < -0.3 is 15.3 Å². The van der Waals surface area contributed by atoms with E-state index in [9.17, 15) is 5.11 Å². The Balaban J connectivity index is 2.33. The molecular weight excluding hydrogens is 224 g/mol. The molecule has 1 aromatic carbocycles. The van der Waals surface area contributed by atoms with E-state index in [0.29, 0.717) is 0 Å². The number of aryl methyl sites for hydroxylation is 2. The highest BCUT2D eigenvalue weighted by molar-refractivity contribution is 5.53. The van der Waals surface area contributed by atoms with Gasteiger partial charge >= 0.3 is 0 Å². The average molecular weight is 248 g/mol. The van der Waals surface area contributed by atoms with E-state index >= 15 is 0 Å². The highest BCUT2D eigenvalue weighted by atomic mass is 16.3. The number of anilines is 1. The quantitative estimate of drug-likeness (QED) is 0.838. The van der Waals surface area contributed by atoms with Crippen molar-refractivity contribution in [2.45, 2.75) is 39.3 Å². The van der Waals surface area contributed by atoms with Crippen molar-refractivity contribution >= 4 is 5.69 Å². The number of benzene rings is 1. The lowest BCUT2D eigenvalue weighted by Crippen LogP contribution is -2.63. The molecule has 1 saturated heterocycles. The Morgan fingerprint density at radius 3 is 2.44 bits per heavy atom. The second kappa shape index (κ2) is 4.90. The van der Waals surface area contributed by atoms with Crippen LogP contribution >= 0.6 is 0 Å². The van der Waals surface area contributed by atoms with E-state index in [2.05, 4.69) is 56.1 Å². The number of hydrogen-bond donors (Lipinski definition) is 2. The van der Waals surface area contributed by atoms with Crippen molar-refractivity contribution < 1.29 is 5.11 Å². The highest BCUT2D eigenvalue weighted by Gasteiger charge is 2.33. The minimum Gasteiger partial charge on any atom is -0.395 e. The van der Waals surface area contributed by atoms with Crippen LogP contribution in [-0.2, 0) is 0 Å². The second-order valence-corrected chi connectivity index (χ2v) is 6.03. The fourth-order valence-electron chi connectivity index (χ4n) is 2.71. The molecule has 18 heavy (non-hydrogen) atoms. The molecule has 1 atom stereocenters. The Kier molecular flexibility index (Phi) is 3.64. The number of aliphatic hydroxyl groups is 1. The number of nitrogens with zero attached hydrogens (tertiary/aromatic N) is 1. The smallest absolute Gasteiger partial charge is 0.0601 e. The Morgan fingerprint density at radius 2 is 1.89 bits per heavy atom. The third kappa shape index (κ3) is 2.68. The van der Waals surface area contributed by atoms with Crippen molar-refractivity contribution in [3.63, 3.8) is 0 Å². The first kappa shape index (κ1) is 13.4. The first-order chi connectivity index (χ1) is 8.42. The lowest BCUT2D eigenvalue weighted by molar-refractivity contribution is 0.210. The van der Waals surface area contributed by atoms with E-state index in [1.807, 2.05) is 0 Å². The zero-order chi connectivity index (χ0) is 13.3. The van der Waals surface area contributed by atoms with Crippen LogP contribution in [0.1, 0.15) is 25.0 Å². The van der Waals surface area contributed by atoms with Gasteiger partial charge in [-0.3, -0.25) is 0 Å². The molecule has 1 aliphatic rings. The molecular formula is C15H24N2O. The summed E-state index contributed by atoms with van der Waals surface area (Å²) in [5, 5.41) is 12.7. The summed E-state index contributed by atoms with van der Waals surface area (Å²) >= 11 is 0. The Bertz CT molecular complexity index is 408. The largest absolute Gasteiger partial charge is 0.395 e. The molecule has 1 aliphatic heterocycles. The van der Waals surface area contributed by atoms with Crippen LogP contribution in [0.25, 0.3) is 0 Å². The van der Waals surface area contributed by atoms with Crippen LogP contribution in [0.5, 0.6) is 0 Å². The minimum atomic E-state index is 0.0753. The average Bonchev–Trinajstić information content (AvgIpc) is 2.27. The standard InChI is InChI=1S/C15H24N2O/c1-11-5-12(2)7-14(6-11)17-8-13(9-18)16-10-15(17,3)4/h5-7,13,16,18H,8-10H2,1-4H3. The molecule has 0 bridgehead atoms. The summed E-state index contributed by atoms with van der Waals surface area (Å²) in [6, 6.07) is 6.82. The summed E-state index contributed by atoms with van der Waals surface area (Å²) in [6.45, 7) is 10.7. The number of hydrogen-bond acceptors (Lipinski definition) is 3. The molecule has 0 amide bonds. The van der Waals surface area contributed by atoms with E-state index in [4.69, 9.17) is 0 Å². The molecule has 0 saturated carbocycles. The normalized spacial score (nSPS) is 23.2. The minimum absolute atomic E-state index is 0.0753. The van der Waals surface area contributed by atoms with E-state index in [-0.39, 0.29) is 18.2 Å². The van der Waals surface area contributed by atoms with Gasteiger partial charge in [0.05, 0.1) is 6.61 Å². The third-order valence-corrected chi connectivity index (χ3v) is 3.70. The van der Waals surface area contributed by atoms with Crippen LogP contribution in [0.3, 0.4) is 0 Å². The van der Waals surface area contributed by atoms with Gasteiger partial charge in [-0.1, -0.05) is 6.07 Å². The van der Waals surface area contributed by atoms with Crippen LogP contribution in [0.15, 0.2) is 18.2 Å². The molecule has 3 heteroatoms. The summed E-state index contributed by atoms with van der Waals surface area (Å²) < 4.78 is 0. The highest BCUT2D eigenvalue weighted by Crippen LogP contribution is 2.28. The Labute approximate surface area is 110 Å². The number of rotatable bonds is 2. The van der Waals surface area contributed by atoms with Crippen molar-refractivity contribution in [1.29, 1.82) is 0 Å². The first-order valence-electron chi connectivity index (χ1n) is 6.62.